The highest BCUT2D eigenvalue weighted by molar-refractivity contribution is 7.93. The van der Waals surface area contributed by atoms with E-state index in [2.05, 4.69) is 17.6 Å². The topological polar surface area (TPSA) is 84.9 Å². The molecule has 178 valence electrons. The summed E-state index contributed by atoms with van der Waals surface area (Å²) in [4.78, 5) is 18.3. The molecular formula is C25H32N2O5S. The van der Waals surface area contributed by atoms with E-state index in [1.807, 2.05) is 18.2 Å². The number of nitrogens with one attached hydrogen (secondary N) is 1. The predicted octanol–water partition coefficient (Wildman–Crippen LogP) is 3.62. The smallest absolute Gasteiger partial charge is 0.276 e. The molecule has 8 heteroatoms. The van der Waals surface area contributed by atoms with Gasteiger partial charge in [-0.3, -0.25) is 4.79 Å². The largest absolute Gasteiger partial charge is 0.350 e. The Kier molecular flexibility index (Phi) is 8.14. The van der Waals surface area contributed by atoms with Crippen LogP contribution in [0.3, 0.4) is 0 Å². The van der Waals surface area contributed by atoms with Crippen LogP contribution in [0.25, 0.3) is 0 Å². The molecule has 2 saturated heterocycles. The Bertz CT molecular complexity index is 1000. The van der Waals surface area contributed by atoms with Crippen LogP contribution in [0.5, 0.6) is 0 Å². The molecule has 1 atom stereocenters. The summed E-state index contributed by atoms with van der Waals surface area (Å²) in [5.74, 6) is -0.131. The van der Waals surface area contributed by atoms with Gasteiger partial charge < -0.3 is 4.74 Å². The molecule has 1 N–H and O–H groups in total. The molecule has 2 aliphatic heterocycles. The van der Waals surface area contributed by atoms with E-state index in [1.54, 1.807) is 18.2 Å². The Hall–Kier alpha value is -2.26. The minimum Gasteiger partial charge on any atom is -0.350 e. The van der Waals surface area contributed by atoms with Gasteiger partial charge in [-0.25, -0.2) is 18.7 Å². The van der Waals surface area contributed by atoms with Crippen molar-refractivity contribution in [2.75, 3.05) is 19.7 Å². The van der Waals surface area contributed by atoms with Crippen LogP contribution in [0.4, 0.5) is 0 Å². The summed E-state index contributed by atoms with van der Waals surface area (Å²) in [5, 5.41) is 0. The van der Waals surface area contributed by atoms with Crippen LogP contribution in [0, 0.1) is 5.92 Å². The molecule has 4 rings (SSSR count). The zero-order valence-electron chi connectivity index (χ0n) is 18.8. The zero-order chi connectivity index (χ0) is 23.1. The van der Waals surface area contributed by atoms with Crippen molar-refractivity contribution in [2.24, 2.45) is 5.92 Å². The first kappa shape index (κ1) is 23.9. The monoisotopic (exact) mass is 472 g/mol. The van der Waals surface area contributed by atoms with Crippen molar-refractivity contribution >= 4 is 15.9 Å². The van der Waals surface area contributed by atoms with Gasteiger partial charge in [0.25, 0.3) is 5.91 Å². The van der Waals surface area contributed by atoms with Crippen molar-refractivity contribution in [3.63, 3.8) is 0 Å². The lowest BCUT2D eigenvalue weighted by Crippen LogP contribution is -2.40. The fraction of sp³-hybridized carbons (Fsp3) is 0.480. The third-order valence-corrected chi connectivity index (χ3v) is 8.27. The lowest BCUT2D eigenvalue weighted by Gasteiger charge is -2.32. The van der Waals surface area contributed by atoms with Crippen LogP contribution < -0.4 is 5.48 Å². The van der Waals surface area contributed by atoms with E-state index in [0.29, 0.717) is 38.5 Å². The van der Waals surface area contributed by atoms with E-state index in [-0.39, 0.29) is 10.5 Å². The quantitative estimate of drug-likeness (QED) is 0.613. The summed E-state index contributed by atoms with van der Waals surface area (Å²) in [5.41, 5.74) is 3.77. The number of hydrogen-bond acceptors (Lipinski definition) is 5. The Morgan fingerprint density at radius 2 is 1.82 bits per heavy atom. The number of amides is 1. The molecule has 0 spiro atoms. The molecule has 1 aromatic carbocycles. The first-order valence-corrected chi connectivity index (χ1v) is 13.2. The lowest BCUT2D eigenvalue weighted by atomic mass is 9.91. The number of nitrogens with zero attached hydrogens (tertiary/aromatic N) is 1. The number of allylic oxidation sites excluding steroid dienone is 3. The second-order valence-electron chi connectivity index (χ2n) is 8.70. The van der Waals surface area contributed by atoms with Crippen LogP contribution in [0.1, 0.15) is 44.1 Å². The number of sulfonamides is 1. The molecule has 1 aliphatic carbocycles. The Labute approximate surface area is 196 Å². The van der Waals surface area contributed by atoms with Crippen molar-refractivity contribution in [3.8, 4) is 0 Å². The number of ether oxygens (including phenoxy) is 1. The SMILES string of the molecule is O=C(NOC1CCCCO1)C1=C(S(=O)(=O)N2CCC(Cc3ccccc3)CC2)C=CCC=C1. The van der Waals surface area contributed by atoms with Crippen LogP contribution in [-0.4, -0.2) is 44.6 Å². The summed E-state index contributed by atoms with van der Waals surface area (Å²) in [6.07, 6.45) is 11.9. The molecular weight excluding hydrogens is 440 g/mol. The summed E-state index contributed by atoms with van der Waals surface area (Å²) >= 11 is 0. The maximum absolute atomic E-state index is 13.5. The summed E-state index contributed by atoms with van der Waals surface area (Å²) in [7, 11) is -3.81. The normalized spacial score (nSPS) is 22.8. The van der Waals surface area contributed by atoms with Gasteiger partial charge in [-0.2, -0.15) is 4.31 Å². The van der Waals surface area contributed by atoms with Gasteiger partial charge in [0.05, 0.1) is 10.5 Å². The van der Waals surface area contributed by atoms with Crippen molar-refractivity contribution in [1.29, 1.82) is 0 Å². The molecule has 1 unspecified atom stereocenters. The number of benzene rings is 1. The first-order chi connectivity index (χ1) is 16.0. The van der Waals surface area contributed by atoms with E-state index in [0.717, 1.165) is 32.1 Å². The molecule has 3 aliphatic rings. The van der Waals surface area contributed by atoms with Gasteiger partial charge in [-0.1, -0.05) is 48.6 Å². The van der Waals surface area contributed by atoms with Crippen LogP contribution in [0.15, 0.2) is 65.1 Å². The van der Waals surface area contributed by atoms with Crippen LogP contribution in [-0.2, 0) is 30.8 Å². The summed E-state index contributed by atoms with van der Waals surface area (Å²) < 4.78 is 34.0. The molecule has 2 fully saturated rings. The summed E-state index contributed by atoms with van der Waals surface area (Å²) in [6.45, 7) is 1.48. The molecule has 33 heavy (non-hydrogen) atoms. The average Bonchev–Trinajstić information content (AvgIpc) is 3.11. The number of piperidine rings is 1. The fourth-order valence-electron chi connectivity index (χ4n) is 4.44. The van der Waals surface area contributed by atoms with E-state index in [9.17, 15) is 13.2 Å². The number of hydrogen-bond donors (Lipinski definition) is 1. The highest BCUT2D eigenvalue weighted by Gasteiger charge is 2.33. The third kappa shape index (κ3) is 6.20. The van der Waals surface area contributed by atoms with Crippen molar-refractivity contribution in [3.05, 3.63) is 70.7 Å². The molecule has 0 aromatic heterocycles. The second-order valence-corrected chi connectivity index (χ2v) is 10.6. The van der Waals surface area contributed by atoms with Crippen molar-refractivity contribution < 1.29 is 22.8 Å². The van der Waals surface area contributed by atoms with Gasteiger partial charge >= 0.3 is 0 Å². The van der Waals surface area contributed by atoms with Crippen molar-refractivity contribution in [1.82, 2.24) is 9.79 Å². The van der Waals surface area contributed by atoms with Crippen molar-refractivity contribution in [2.45, 2.75) is 51.2 Å². The number of carbonyl (C=O) groups excluding carboxylic acids is 1. The molecule has 0 radical (unpaired) electrons. The van der Waals surface area contributed by atoms with E-state index < -0.39 is 22.2 Å². The zero-order valence-corrected chi connectivity index (χ0v) is 19.6. The van der Waals surface area contributed by atoms with Gasteiger partial charge in [0.2, 0.25) is 10.0 Å². The molecule has 1 amide bonds. The molecule has 7 nitrogen and oxygen atoms in total. The minimum absolute atomic E-state index is 0.0171. The number of rotatable bonds is 7. The average molecular weight is 473 g/mol. The standard InChI is InChI=1S/C25H32N2O5S/c28-25(26-32-24-13-7-8-18-31-24)22-11-5-2-6-12-23(22)33(29,30)27-16-14-21(15-17-27)19-20-9-3-1-4-10-20/h1,3-6,9-12,21,24H,2,7-8,13-19H2,(H,26,28). The predicted molar refractivity (Wildman–Crippen MR) is 126 cm³/mol. The van der Waals surface area contributed by atoms with Gasteiger partial charge in [-0.15, -0.1) is 0 Å². The fourth-order valence-corrected chi connectivity index (χ4v) is 6.12. The first-order valence-electron chi connectivity index (χ1n) is 11.7. The Morgan fingerprint density at radius 3 is 2.55 bits per heavy atom. The lowest BCUT2D eigenvalue weighted by molar-refractivity contribution is -0.198. The Morgan fingerprint density at radius 1 is 1.06 bits per heavy atom. The maximum atomic E-state index is 13.5. The summed E-state index contributed by atoms with van der Waals surface area (Å²) in [6, 6.07) is 10.3. The Balaban J connectivity index is 1.44. The van der Waals surface area contributed by atoms with Gasteiger partial charge in [-0.05, 0) is 56.1 Å². The molecule has 0 bridgehead atoms. The minimum atomic E-state index is -3.81. The van der Waals surface area contributed by atoms with E-state index >= 15 is 0 Å². The highest BCUT2D eigenvalue weighted by Crippen LogP contribution is 2.29. The van der Waals surface area contributed by atoms with E-state index in [4.69, 9.17) is 9.57 Å². The number of hydroxylamine groups is 1. The number of carbonyl (C=O) groups is 1. The molecule has 2 heterocycles. The molecule has 1 aromatic rings. The van der Waals surface area contributed by atoms with Crippen LogP contribution >= 0.6 is 0 Å². The van der Waals surface area contributed by atoms with Gasteiger partial charge in [0.15, 0.2) is 6.29 Å². The molecule has 0 saturated carbocycles. The van der Waals surface area contributed by atoms with Gasteiger partial charge in [0.1, 0.15) is 0 Å². The third-order valence-electron chi connectivity index (χ3n) is 6.32. The maximum Gasteiger partial charge on any atom is 0.276 e. The second kappa shape index (κ2) is 11.2. The van der Waals surface area contributed by atoms with Gasteiger partial charge in [0, 0.05) is 26.1 Å². The van der Waals surface area contributed by atoms with E-state index in [1.165, 1.54) is 15.9 Å². The highest BCUT2D eigenvalue weighted by atomic mass is 32.2. The van der Waals surface area contributed by atoms with Crippen LogP contribution in [0.2, 0.25) is 0 Å².